The summed E-state index contributed by atoms with van der Waals surface area (Å²) in [5.74, 6) is -0.184. The predicted octanol–water partition coefficient (Wildman–Crippen LogP) is 6.07. The number of aromatic nitrogens is 4. The second-order valence-corrected chi connectivity index (χ2v) is 9.20. The minimum atomic E-state index is -0.184. The summed E-state index contributed by atoms with van der Waals surface area (Å²) in [6.45, 7) is 4.72. The molecule has 0 aliphatic rings. The number of nitrogens with one attached hydrogen (secondary N) is 1. The van der Waals surface area contributed by atoms with Gasteiger partial charge in [0.05, 0.1) is 46.3 Å². The van der Waals surface area contributed by atoms with Crippen LogP contribution in [0.2, 0.25) is 15.1 Å². The number of carbonyl (C=O) groups is 1. The normalized spacial score (nSPS) is 11.1. The monoisotopic (exact) mass is 493 g/mol. The second kappa shape index (κ2) is 9.04. The highest BCUT2D eigenvalue weighted by atomic mass is 35.5. The first-order chi connectivity index (χ1) is 14.8. The van der Waals surface area contributed by atoms with E-state index >= 15 is 0 Å². The Hall–Kier alpha value is -2.32. The van der Waals surface area contributed by atoms with Gasteiger partial charge in [-0.25, -0.2) is 0 Å². The van der Waals surface area contributed by atoms with Gasteiger partial charge in [0, 0.05) is 21.8 Å². The van der Waals surface area contributed by atoms with Gasteiger partial charge in [0.15, 0.2) is 0 Å². The van der Waals surface area contributed by atoms with E-state index in [0.717, 1.165) is 22.5 Å². The largest absolute Gasteiger partial charge is 0.318 e. The highest BCUT2D eigenvalue weighted by molar-refractivity contribution is 7.12. The third-order valence-electron chi connectivity index (χ3n) is 4.81. The molecule has 6 nitrogen and oxygen atoms in total. The van der Waals surface area contributed by atoms with Gasteiger partial charge in [-0.3, -0.25) is 14.2 Å². The fourth-order valence-electron chi connectivity index (χ4n) is 3.23. The van der Waals surface area contributed by atoms with Gasteiger partial charge in [0.1, 0.15) is 0 Å². The fraction of sp³-hybridized carbons (Fsp3) is 0.190. The Balaban J connectivity index is 1.50. The summed E-state index contributed by atoms with van der Waals surface area (Å²) >= 11 is 19.9. The van der Waals surface area contributed by atoms with Gasteiger partial charge in [-0.15, -0.1) is 11.3 Å². The van der Waals surface area contributed by atoms with Crippen molar-refractivity contribution in [1.29, 1.82) is 0 Å². The van der Waals surface area contributed by atoms with E-state index < -0.39 is 0 Å². The van der Waals surface area contributed by atoms with Crippen LogP contribution >= 0.6 is 46.1 Å². The molecule has 3 heterocycles. The topological polar surface area (TPSA) is 64.7 Å². The molecule has 4 aromatic rings. The molecule has 31 heavy (non-hydrogen) atoms. The van der Waals surface area contributed by atoms with Crippen LogP contribution in [0.1, 0.15) is 32.2 Å². The molecule has 0 bridgehead atoms. The van der Waals surface area contributed by atoms with Crippen molar-refractivity contribution in [2.24, 2.45) is 0 Å². The van der Waals surface area contributed by atoms with Crippen molar-refractivity contribution in [3.8, 4) is 0 Å². The van der Waals surface area contributed by atoms with Crippen LogP contribution in [-0.4, -0.2) is 25.5 Å². The number of halogens is 3. The Morgan fingerprint density at radius 3 is 2.58 bits per heavy atom. The summed E-state index contributed by atoms with van der Waals surface area (Å²) in [5.41, 5.74) is 3.99. The molecule has 1 aromatic carbocycles. The van der Waals surface area contributed by atoms with Crippen molar-refractivity contribution in [2.75, 3.05) is 5.32 Å². The van der Waals surface area contributed by atoms with Crippen LogP contribution in [0.4, 0.5) is 5.69 Å². The van der Waals surface area contributed by atoms with E-state index in [1.807, 2.05) is 25.3 Å². The standard InChI is InChI=1S/C21H18Cl3N5OS/c1-12-20(13(2)29(27-12)10-16-17(23)4-3-5-18(16)24)26-21(30)19-6-14(11-31-19)8-28-9-15(22)7-25-28/h3-7,9,11H,8,10H2,1-2H3,(H,26,30). The van der Waals surface area contributed by atoms with Gasteiger partial charge >= 0.3 is 0 Å². The average Bonchev–Trinajstić information content (AvgIpc) is 3.42. The lowest BCUT2D eigenvalue weighted by Crippen LogP contribution is -2.12. The quantitative estimate of drug-likeness (QED) is 0.354. The summed E-state index contributed by atoms with van der Waals surface area (Å²) in [4.78, 5) is 13.4. The van der Waals surface area contributed by atoms with Crippen LogP contribution in [0.5, 0.6) is 0 Å². The van der Waals surface area contributed by atoms with Crippen LogP contribution in [0, 0.1) is 13.8 Å². The van der Waals surface area contributed by atoms with Gasteiger partial charge in [-0.05, 0) is 43.0 Å². The predicted molar refractivity (Wildman–Crippen MR) is 126 cm³/mol. The Morgan fingerprint density at radius 1 is 1.16 bits per heavy atom. The molecule has 1 N–H and O–H groups in total. The van der Waals surface area contributed by atoms with Crippen molar-refractivity contribution < 1.29 is 4.79 Å². The molecule has 0 radical (unpaired) electrons. The molecular weight excluding hydrogens is 477 g/mol. The maximum atomic E-state index is 12.8. The molecule has 0 fully saturated rings. The molecule has 4 rings (SSSR count). The van der Waals surface area contributed by atoms with E-state index in [4.69, 9.17) is 34.8 Å². The van der Waals surface area contributed by atoms with Crippen molar-refractivity contribution >= 4 is 57.7 Å². The maximum Gasteiger partial charge on any atom is 0.265 e. The molecule has 0 atom stereocenters. The third-order valence-corrected chi connectivity index (χ3v) is 6.69. The molecule has 0 aliphatic carbocycles. The summed E-state index contributed by atoms with van der Waals surface area (Å²) in [5, 5.41) is 15.4. The number of thiophene rings is 1. The van der Waals surface area contributed by atoms with E-state index in [1.54, 1.807) is 40.0 Å². The molecule has 0 spiro atoms. The van der Waals surface area contributed by atoms with Crippen molar-refractivity contribution in [3.63, 3.8) is 0 Å². The zero-order valence-corrected chi connectivity index (χ0v) is 19.8. The van der Waals surface area contributed by atoms with Gasteiger partial charge in [-0.1, -0.05) is 40.9 Å². The van der Waals surface area contributed by atoms with Gasteiger partial charge in [0.2, 0.25) is 0 Å². The minimum absolute atomic E-state index is 0.184. The molecule has 0 unspecified atom stereocenters. The Kier molecular flexibility index (Phi) is 6.39. The minimum Gasteiger partial charge on any atom is -0.318 e. The SMILES string of the molecule is Cc1nn(Cc2c(Cl)cccc2Cl)c(C)c1NC(=O)c1cc(Cn2cc(Cl)cn2)cs1. The van der Waals surface area contributed by atoms with E-state index in [0.29, 0.717) is 38.7 Å². The van der Waals surface area contributed by atoms with Crippen molar-refractivity contribution in [2.45, 2.75) is 26.9 Å². The first-order valence-electron chi connectivity index (χ1n) is 9.35. The number of benzene rings is 1. The first-order valence-corrected chi connectivity index (χ1v) is 11.4. The molecule has 0 saturated carbocycles. The highest BCUT2D eigenvalue weighted by Crippen LogP contribution is 2.28. The lowest BCUT2D eigenvalue weighted by Gasteiger charge is -2.09. The summed E-state index contributed by atoms with van der Waals surface area (Å²) in [7, 11) is 0. The first kappa shape index (κ1) is 21.9. The molecule has 0 aliphatic heterocycles. The highest BCUT2D eigenvalue weighted by Gasteiger charge is 2.18. The number of hydrogen-bond donors (Lipinski definition) is 1. The smallest absolute Gasteiger partial charge is 0.265 e. The lowest BCUT2D eigenvalue weighted by atomic mass is 10.2. The van der Waals surface area contributed by atoms with Crippen molar-refractivity contribution in [1.82, 2.24) is 19.6 Å². The number of carbonyl (C=O) groups excluding carboxylic acids is 1. The zero-order chi connectivity index (χ0) is 22.1. The summed E-state index contributed by atoms with van der Waals surface area (Å²) in [6, 6.07) is 7.25. The summed E-state index contributed by atoms with van der Waals surface area (Å²) in [6.07, 6.45) is 3.33. The average molecular weight is 495 g/mol. The van der Waals surface area contributed by atoms with Crippen molar-refractivity contribution in [3.05, 3.63) is 84.5 Å². The molecule has 10 heteroatoms. The van der Waals surface area contributed by atoms with E-state index in [9.17, 15) is 4.79 Å². The number of rotatable bonds is 6. The molecule has 1 amide bonds. The van der Waals surface area contributed by atoms with Gasteiger partial charge < -0.3 is 5.32 Å². The Morgan fingerprint density at radius 2 is 1.90 bits per heavy atom. The van der Waals surface area contributed by atoms with E-state index in [2.05, 4.69) is 15.5 Å². The zero-order valence-electron chi connectivity index (χ0n) is 16.7. The number of hydrogen-bond acceptors (Lipinski definition) is 4. The van der Waals surface area contributed by atoms with Gasteiger partial charge in [0.25, 0.3) is 5.91 Å². The Labute approximate surface area is 198 Å². The second-order valence-electron chi connectivity index (χ2n) is 7.03. The van der Waals surface area contributed by atoms with Crippen LogP contribution in [-0.2, 0) is 13.1 Å². The number of anilines is 1. The van der Waals surface area contributed by atoms with Crippen LogP contribution < -0.4 is 5.32 Å². The third kappa shape index (κ3) is 4.80. The number of nitrogens with zero attached hydrogens (tertiary/aromatic N) is 4. The molecule has 3 aromatic heterocycles. The van der Waals surface area contributed by atoms with E-state index in [1.165, 1.54) is 11.3 Å². The van der Waals surface area contributed by atoms with E-state index in [-0.39, 0.29) is 5.91 Å². The molecule has 0 saturated heterocycles. The molecular formula is C21H18Cl3N5OS. The van der Waals surface area contributed by atoms with Gasteiger partial charge in [-0.2, -0.15) is 10.2 Å². The van der Waals surface area contributed by atoms with Crippen LogP contribution in [0.15, 0.2) is 42.0 Å². The fourth-order valence-corrected chi connectivity index (χ4v) is 4.70. The summed E-state index contributed by atoms with van der Waals surface area (Å²) < 4.78 is 3.52. The number of aryl methyl sites for hydroxylation is 1. The lowest BCUT2D eigenvalue weighted by molar-refractivity contribution is 0.103. The number of amides is 1. The van der Waals surface area contributed by atoms with Crippen LogP contribution in [0.3, 0.4) is 0 Å². The van der Waals surface area contributed by atoms with Crippen LogP contribution in [0.25, 0.3) is 0 Å². The Bertz CT molecular complexity index is 1240. The maximum absolute atomic E-state index is 12.8. The molecule has 160 valence electrons.